The second-order valence-electron chi connectivity index (χ2n) is 5.71. The van der Waals surface area contributed by atoms with E-state index in [2.05, 4.69) is 10.6 Å². The van der Waals surface area contributed by atoms with Crippen LogP contribution in [-0.2, 0) is 15.2 Å². The van der Waals surface area contributed by atoms with Crippen molar-refractivity contribution in [2.75, 3.05) is 11.9 Å². The molecular formula is C17H20N2O3S. The highest BCUT2D eigenvalue weighted by Gasteiger charge is 2.26. The summed E-state index contributed by atoms with van der Waals surface area (Å²) in [4.78, 5) is 24.6. The molecule has 122 valence electrons. The molecule has 0 aliphatic rings. The summed E-state index contributed by atoms with van der Waals surface area (Å²) < 4.78 is 0. The first-order valence-corrected chi connectivity index (χ1v) is 8.10. The Bertz CT molecular complexity index is 709. The smallest absolute Gasteiger partial charge is 0.313 e. The molecule has 0 aliphatic heterocycles. The normalized spacial score (nSPS) is 13.2. The number of aryl methyl sites for hydroxylation is 2. The van der Waals surface area contributed by atoms with Crippen LogP contribution in [0.4, 0.5) is 5.69 Å². The number of benzene rings is 1. The Morgan fingerprint density at radius 1 is 1.22 bits per heavy atom. The van der Waals surface area contributed by atoms with Gasteiger partial charge in [0.25, 0.3) is 0 Å². The number of nitrogens with one attached hydrogen (secondary N) is 2. The molecule has 0 spiro atoms. The quantitative estimate of drug-likeness (QED) is 0.752. The van der Waals surface area contributed by atoms with Gasteiger partial charge in [-0.15, -0.1) is 11.3 Å². The van der Waals surface area contributed by atoms with Gasteiger partial charge in [0.1, 0.15) is 5.60 Å². The van der Waals surface area contributed by atoms with Crippen LogP contribution in [0.1, 0.15) is 22.9 Å². The lowest BCUT2D eigenvalue weighted by atomic mass is 10.1. The van der Waals surface area contributed by atoms with Crippen molar-refractivity contribution in [3.8, 4) is 0 Å². The number of hydrogen-bond donors (Lipinski definition) is 3. The fraction of sp³-hybridized carbons (Fsp3) is 0.294. The topological polar surface area (TPSA) is 78.4 Å². The van der Waals surface area contributed by atoms with Gasteiger partial charge in [-0.3, -0.25) is 9.59 Å². The first-order valence-electron chi connectivity index (χ1n) is 7.22. The standard InChI is InChI=1S/C17H20N2O3S/c1-11-6-7-13(12(2)9-11)19-16(21)15(20)18-10-17(3,22)14-5-4-8-23-14/h4-9,22H,10H2,1-3H3,(H,18,20)(H,19,21). The summed E-state index contributed by atoms with van der Waals surface area (Å²) in [5.41, 5.74) is 1.36. The van der Waals surface area contributed by atoms with Gasteiger partial charge in [-0.05, 0) is 43.8 Å². The highest BCUT2D eigenvalue weighted by atomic mass is 32.1. The van der Waals surface area contributed by atoms with E-state index in [0.717, 1.165) is 16.0 Å². The number of carbonyl (C=O) groups is 2. The minimum Gasteiger partial charge on any atom is -0.383 e. The number of thiophene rings is 1. The Labute approximate surface area is 139 Å². The van der Waals surface area contributed by atoms with E-state index in [1.165, 1.54) is 11.3 Å². The molecule has 1 atom stereocenters. The van der Waals surface area contributed by atoms with E-state index in [0.29, 0.717) is 5.69 Å². The lowest BCUT2D eigenvalue weighted by Gasteiger charge is -2.22. The summed E-state index contributed by atoms with van der Waals surface area (Å²) in [5.74, 6) is -1.53. The molecule has 1 aromatic heterocycles. The summed E-state index contributed by atoms with van der Waals surface area (Å²) in [7, 11) is 0. The monoisotopic (exact) mass is 332 g/mol. The summed E-state index contributed by atoms with van der Waals surface area (Å²) in [6.45, 7) is 5.38. The second kappa shape index (κ2) is 6.93. The fourth-order valence-corrected chi connectivity index (χ4v) is 2.92. The van der Waals surface area contributed by atoms with Gasteiger partial charge < -0.3 is 15.7 Å². The summed E-state index contributed by atoms with van der Waals surface area (Å²) in [5, 5.41) is 17.2. The van der Waals surface area contributed by atoms with Crippen LogP contribution in [-0.4, -0.2) is 23.5 Å². The zero-order valence-electron chi connectivity index (χ0n) is 13.3. The van der Waals surface area contributed by atoms with Gasteiger partial charge in [0.05, 0.1) is 6.54 Å². The molecule has 6 heteroatoms. The lowest BCUT2D eigenvalue weighted by molar-refractivity contribution is -0.136. The van der Waals surface area contributed by atoms with Crippen molar-refractivity contribution in [2.45, 2.75) is 26.4 Å². The maximum atomic E-state index is 12.0. The summed E-state index contributed by atoms with van der Waals surface area (Å²) in [6.07, 6.45) is 0. The molecule has 0 saturated heterocycles. The van der Waals surface area contributed by atoms with Crippen LogP contribution in [0.5, 0.6) is 0 Å². The van der Waals surface area contributed by atoms with Crippen molar-refractivity contribution in [3.05, 3.63) is 51.7 Å². The Hall–Kier alpha value is -2.18. The Balaban J connectivity index is 1.94. The third-order valence-electron chi connectivity index (χ3n) is 3.48. The zero-order chi connectivity index (χ0) is 17.0. The molecule has 0 bridgehead atoms. The van der Waals surface area contributed by atoms with E-state index in [1.54, 1.807) is 19.1 Å². The van der Waals surface area contributed by atoms with Crippen LogP contribution in [0.3, 0.4) is 0 Å². The number of hydrogen-bond acceptors (Lipinski definition) is 4. The lowest BCUT2D eigenvalue weighted by Crippen LogP contribution is -2.43. The van der Waals surface area contributed by atoms with Crippen LogP contribution in [0.2, 0.25) is 0 Å². The predicted molar refractivity (Wildman–Crippen MR) is 91.4 cm³/mol. The first kappa shape index (κ1) is 17.2. The molecule has 0 radical (unpaired) electrons. The van der Waals surface area contributed by atoms with Crippen LogP contribution in [0.25, 0.3) is 0 Å². The average Bonchev–Trinajstić information content (AvgIpc) is 3.02. The van der Waals surface area contributed by atoms with Gasteiger partial charge in [0.2, 0.25) is 0 Å². The van der Waals surface area contributed by atoms with Gasteiger partial charge in [-0.25, -0.2) is 0 Å². The average molecular weight is 332 g/mol. The number of carbonyl (C=O) groups excluding carboxylic acids is 2. The Morgan fingerprint density at radius 2 is 1.96 bits per heavy atom. The van der Waals surface area contributed by atoms with E-state index in [-0.39, 0.29) is 6.54 Å². The third kappa shape index (κ3) is 4.40. The highest BCUT2D eigenvalue weighted by Crippen LogP contribution is 2.24. The maximum absolute atomic E-state index is 12.0. The number of rotatable bonds is 4. The van der Waals surface area contributed by atoms with Gasteiger partial charge in [0, 0.05) is 10.6 Å². The van der Waals surface area contributed by atoms with E-state index < -0.39 is 17.4 Å². The van der Waals surface area contributed by atoms with Crippen LogP contribution in [0.15, 0.2) is 35.7 Å². The molecular weight excluding hydrogens is 312 g/mol. The van der Waals surface area contributed by atoms with Gasteiger partial charge in [0.15, 0.2) is 0 Å². The SMILES string of the molecule is Cc1ccc(NC(=O)C(=O)NCC(C)(O)c2cccs2)c(C)c1. The van der Waals surface area contributed by atoms with Gasteiger partial charge >= 0.3 is 11.8 Å². The first-order chi connectivity index (χ1) is 10.8. The molecule has 23 heavy (non-hydrogen) atoms. The van der Waals surface area contributed by atoms with E-state index in [1.807, 2.05) is 37.4 Å². The largest absolute Gasteiger partial charge is 0.383 e. The van der Waals surface area contributed by atoms with Crippen molar-refractivity contribution < 1.29 is 14.7 Å². The minimum absolute atomic E-state index is 0.0351. The van der Waals surface area contributed by atoms with E-state index >= 15 is 0 Å². The number of anilines is 1. The van der Waals surface area contributed by atoms with E-state index in [9.17, 15) is 14.7 Å². The molecule has 1 unspecified atom stereocenters. The van der Waals surface area contributed by atoms with Crippen molar-refractivity contribution in [3.63, 3.8) is 0 Å². The second-order valence-corrected chi connectivity index (χ2v) is 6.65. The molecule has 2 rings (SSSR count). The maximum Gasteiger partial charge on any atom is 0.313 e. The van der Waals surface area contributed by atoms with Crippen molar-refractivity contribution >= 4 is 28.8 Å². The van der Waals surface area contributed by atoms with Gasteiger partial charge in [-0.2, -0.15) is 0 Å². The van der Waals surface area contributed by atoms with Crippen molar-refractivity contribution in [1.82, 2.24) is 5.32 Å². The summed E-state index contributed by atoms with van der Waals surface area (Å²) >= 11 is 1.39. The molecule has 3 N–H and O–H groups in total. The predicted octanol–water partition coefficient (Wildman–Crippen LogP) is 2.33. The summed E-state index contributed by atoms with van der Waals surface area (Å²) in [6, 6.07) is 9.16. The van der Waals surface area contributed by atoms with Crippen LogP contribution in [0, 0.1) is 13.8 Å². The van der Waals surface area contributed by atoms with E-state index in [4.69, 9.17) is 0 Å². The highest BCUT2D eigenvalue weighted by molar-refractivity contribution is 7.10. The third-order valence-corrected chi connectivity index (χ3v) is 4.60. The Morgan fingerprint density at radius 3 is 2.57 bits per heavy atom. The zero-order valence-corrected chi connectivity index (χ0v) is 14.2. The van der Waals surface area contributed by atoms with Crippen LogP contribution >= 0.6 is 11.3 Å². The fourth-order valence-electron chi connectivity index (χ4n) is 2.14. The van der Waals surface area contributed by atoms with Gasteiger partial charge in [-0.1, -0.05) is 23.8 Å². The molecule has 2 aromatic rings. The van der Waals surface area contributed by atoms with Crippen LogP contribution < -0.4 is 10.6 Å². The molecule has 2 amide bonds. The number of aliphatic hydroxyl groups is 1. The molecule has 1 heterocycles. The number of amides is 2. The molecule has 1 aromatic carbocycles. The van der Waals surface area contributed by atoms with Crippen molar-refractivity contribution in [2.24, 2.45) is 0 Å². The minimum atomic E-state index is -1.20. The molecule has 0 saturated carbocycles. The molecule has 0 fully saturated rings. The Kier molecular flexibility index (Phi) is 5.18. The van der Waals surface area contributed by atoms with Crippen molar-refractivity contribution in [1.29, 1.82) is 0 Å². The molecule has 0 aliphatic carbocycles. The molecule has 5 nitrogen and oxygen atoms in total.